The number of para-hydroxylation sites is 1. The number of hydrogen-bond acceptors (Lipinski definition) is 4. The molecule has 0 bridgehead atoms. The molecule has 1 aromatic heterocycles. The second-order valence-corrected chi connectivity index (χ2v) is 7.94. The van der Waals surface area contributed by atoms with Crippen molar-refractivity contribution in [3.63, 3.8) is 0 Å². The fraction of sp³-hybridized carbons (Fsp3) is 0.316. The molecular formula is C19H20N2S2. The Balaban J connectivity index is 1.55. The van der Waals surface area contributed by atoms with Crippen molar-refractivity contribution >= 4 is 33.3 Å². The van der Waals surface area contributed by atoms with Gasteiger partial charge in [-0.2, -0.15) is 0 Å². The van der Waals surface area contributed by atoms with Crippen molar-refractivity contribution in [2.24, 2.45) is 0 Å². The first-order valence-corrected chi connectivity index (χ1v) is 10.1. The Morgan fingerprint density at radius 2 is 2.00 bits per heavy atom. The zero-order valence-electron chi connectivity index (χ0n) is 13.2. The average Bonchev–Trinajstić information content (AvgIpc) is 3.21. The van der Waals surface area contributed by atoms with Crippen molar-refractivity contribution in [3.8, 4) is 0 Å². The molecule has 4 rings (SSSR count). The van der Waals surface area contributed by atoms with Gasteiger partial charge in [-0.1, -0.05) is 24.3 Å². The number of fused-ring (bicyclic) bond motifs is 1. The van der Waals surface area contributed by atoms with E-state index in [0.29, 0.717) is 6.04 Å². The SMILES string of the molecule is CSc1ccc(CN2CCCC2c2nc3ccccc3s2)cc1. The third-order valence-corrected chi connectivity index (χ3v) is 6.39. The van der Waals surface area contributed by atoms with Crippen LogP contribution in [0.1, 0.15) is 29.5 Å². The number of benzene rings is 2. The second kappa shape index (κ2) is 6.63. The molecule has 0 N–H and O–H groups in total. The molecule has 0 radical (unpaired) electrons. The van der Waals surface area contributed by atoms with Crippen LogP contribution in [0.3, 0.4) is 0 Å². The third-order valence-electron chi connectivity index (χ3n) is 4.50. The lowest BCUT2D eigenvalue weighted by molar-refractivity contribution is 0.248. The summed E-state index contributed by atoms with van der Waals surface area (Å²) in [6.07, 6.45) is 4.62. The first-order valence-electron chi connectivity index (χ1n) is 8.06. The number of aromatic nitrogens is 1. The molecule has 3 aromatic rings. The highest BCUT2D eigenvalue weighted by atomic mass is 32.2. The molecule has 118 valence electrons. The summed E-state index contributed by atoms with van der Waals surface area (Å²) in [5.74, 6) is 0. The Kier molecular flexibility index (Phi) is 4.38. The Labute approximate surface area is 145 Å². The first kappa shape index (κ1) is 15.2. The van der Waals surface area contributed by atoms with Gasteiger partial charge in [0.15, 0.2) is 0 Å². The highest BCUT2D eigenvalue weighted by molar-refractivity contribution is 7.98. The Morgan fingerprint density at radius 1 is 1.17 bits per heavy atom. The van der Waals surface area contributed by atoms with Crippen molar-refractivity contribution in [3.05, 3.63) is 59.1 Å². The third kappa shape index (κ3) is 3.16. The molecule has 1 saturated heterocycles. The van der Waals surface area contributed by atoms with Crippen molar-refractivity contribution in [1.82, 2.24) is 9.88 Å². The number of nitrogens with zero attached hydrogens (tertiary/aromatic N) is 2. The Hall–Kier alpha value is -1.36. The minimum Gasteiger partial charge on any atom is -0.290 e. The van der Waals surface area contributed by atoms with E-state index in [1.807, 2.05) is 11.3 Å². The van der Waals surface area contributed by atoms with Crippen LogP contribution in [0, 0.1) is 0 Å². The second-order valence-electron chi connectivity index (χ2n) is 6.00. The summed E-state index contributed by atoms with van der Waals surface area (Å²) in [7, 11) is 0. The number of likely N-dealkylation sites (tertiary alicyclic amines) is 1. The zero-order chi connectivity index (χ0) is 15.6. The van der Waals surface area contributed by atoms with E-state index in [2.05, 4.69) is 59.7 Å². The molecule has 1 aliphatic heterocycles. The minimum atomic E-state index is 0.479. The van der Waals surface area contributed by atoms with Gasteiger partial charge in [0.2, 0.25) is 0 Å². The molecular weight excluding hydrogens is 320 g/mol. The first-order chi connectivity index (χ1) is 11.3. The van der Waals surface area contributed by atoms with Crippen molar-refractivity contribution < 1.29 is 0 Å². The van der Waals surface area contributed by atoms with Crippen LogP contribution in [0.25, 0.3) is 10.2 Å². The number of thioether (sulfide) groups is 1. The Bertz CT molecular complexity index is 761. The predicted octanol–water partition coefficient (Wildman–Crippen LogP) is 5.36. The molecule has 1 atom stereocenters. The summed E-state index contributed by atoms with van der Waals surface area (Å²) in [5.41, 5.74) is 2.54. The summed E-state index contributed by atoms with van der Waals surface area (Å²) >= 11 is 3.66. The minimum absolute atomic E-state index is 0.479. The van der Waals surface area contributed by atoms with Gasteiger partial charge >= 0.3 is 0 Å². The van der Waals surface area contributed by atoms with Crippen molar-refractivity contribution in [2.75, 3.05) is 12.8 Å². The highest BCUT2D eigenvalue weighted by Gasteiger charge is 2.28. The van der Waals surface area contributed by atoms with E-state index >= 15 is 0 Å². The van der Waals surface area contributed by atoms with E-state index in [9.17, 15) is 0 Å². The molecule has 0 spiro atoms. The predicted molar refractivity (Wildman–Crippen MR) is 100 cm³/mol. The molecule has 0 saturated carbocycles. The van der Waals surface area contributed by atoms with Gasteiger partial charge in [-0.3, -0.25) is 4.90 Å². The molecule has 2 heterocycles. The maximum absolute atomic E-state index is 4.89. The van der Waals surface area contributed by atoms with E-state index in [1.165, 1.54) is 39.6 Å². The highest BCUT2D eigenvalue weighted by Crippen LogP contribution is 2.37. The standard InChI is InChI=1S/C19H20N2S2/c1-22-15-10-8-14(9-11-15)13-21-12-4-6-17(21)19-20-16-5-2-3-7-18(16)23-19/h2-3,5,7-11,17H,4,6,12-13H2,1H3. The fourth-order valence-corrected chi connectivity index (χ4v) is 4.84. The smallest absolute Gasteiger partial charge is 0.111 e. The van der Waals surface area contributed by atoms with Crippen LogP contribution < -0.4 is 0 Å². The Morgan fingerprint density at radius 3 is 2.78 bits per heavy atom. The van der Waals surface area contributed by atoms with Gasteiger partial charge in [0, 0.05) is 11.4 Å². The summed E-state index contributed by atoms with van der Waals surface area (Å²) in [4.78, 5) is 8.81. The summed E-state index contributed by atoms with van der Waals surface area (Å²) < 4.78 is 1.30. The number of rotatable bonds is 4. The maximum Gasteiger partial charge on any atom is 0.111 e. The lowest BCUT2D eigenvalue weighted by atomic mass is 10.2. The monoisotopic (exact) mass is 340 g/mol. The molecule has 23 heavy (non-hydrogen) atoms. The van der Waals surface area contributed by atoms with Crippen molar-refractivity contribution in [1.29, 1.82) is 0 Å². The van der Waals surface area contributed by atoms with Crippen LogP contribution >= 0.6 is 23.1 Å². The van der Waals surface area contributed by atoms with E-state index in [0.717, 1.165) is 12.1 Å². The molecule has 0 amide bonds. The molecule has 2 aromatic carbocycles. The van der Waals surface area contributed by atoms with Crippen LogP contribution in [0.5, 0.6) is 0 Å². The van der Waals surface area contributed by atoms with Gasteiger partial charge in [-0.25, -0.2) is 4.98 Å². The molecule has 1 aliphatic rings. The molecule has 2 nitrogen and oxygen atoms in total. The zero-order valence-corrected chi connectivity index (χ0v) is 14.9. The average molecular weight is 341 g/mol. The lowest BCUT2D eigenvalue weighted by Crippen LogP contribution is -2.22. The maximum atomic E-state index is 4.89. The van der Waals surface area contributed by atoms with Crippen molar-refractivity contribution in [2.45, 2.75) is 30.3 Å². The van der Waals surface area contributed by atoms with Gasteiger partial charge < -0.3 is 0 Å². The number of hydrogen-bond donors (Lipinski definition) is 0. The quantitative estimate of drug-likeness (QED) is 0.595. The van der Waals surface area contributed by atoms with E-state index in [-0.39, 0.29) is 0 Å². The van der Waals surface area contributed by atoms with E-state index in [1.54, 1.807) is 11.8 Å². The largest absolute Gasteiger partial charge is 0.290 e. The molecule has 0 aliphatic carbocycles. The van der Waals surface area contributed by atoms with Crippen LogP contribution in [0.4, 0.5) is 0 Å². The lowest BCUT2D eigenvalue weighted by Gasteiger charge is -2.22. The van der Waals surface area contributed by atoms with Gasteiger partial charge in [-0.15, -0.1) is 23.1 Å². The fourth-order valence-electron chi connectivity index (χ4n) is 3.29. The summed E-state index contributed by atoms with van der Waals surface area (Å²) in [6.45, 7) is 2.19. The molecule has 1 fully saturated rings. The summed E-state index contributed by atoms with van der Waals surface area (Å²) in [6, 6.07) is 17.9. The van der Waals surface area contributed by atoms with Gasteiger partial charge in [-0.05, 0) is 55.5 Å². The van der Waals surface area contributed by atoms with Gasteiger partial charge in [0.05, 0.1) is 16.3 Å². The van der Waals surface area contributed by atoms with Crippen LogP contribution in [0.15, 0.2) is 53.4 Å². The normalized spacial score (nSPS) is 18.7. The molecule has 1 unspecified atom stereocenters. The van der Waals surface area contributed by atoms with Crippen LogP contribution in [-0.2, 0) is 6.54 Å². The molecule has 4 heteroatoms. The van der Waals surface area contributed by atoms with E-state index in [4.69, 9.17) is 4.98 Å². The van der Waals surface area contributed by atoms with Gasteiger partial charge in [0.1, 0.15) is 5.01 Å². The van der Waals surface area contributed by atoms with Crippen LogP contribution in [0.2, 0.25) is 0 Å². The van der Waals surface area contributed by atoms with Gasteiger partial charge in [0.25, 0.3) is 0 Å². The topological polar surface area (TPSA) is 16.1 Å². The number of thiazole rings is 1. The van der Waals surface area contributed by atoms with Crippen LogP contribution in [-0.4, -0.2) is 22.7 Å². The summed E-state index contributed by atoms with van der Waals surface area (Å²) in [5, 5.41) is 1.28. The van der Waals surface area contributed by atoms with E-state index < -0.39 is 0 Å².